The Morgan fingerprint density at radius 1 is 1.17 bits per heavy atom. The molecule has 3 aromatic rings. The average Bonchev–Trinajstić information content (AvgIpc) is 2.75. The van der Waals surface area contributed by atoms with Gasteiger partial charge in [-0.2, -0.15) is 0 Å². The third-order valence-corrected chi connectivity index (χ3v) is 6.76. The minimum absolute atomic E-state index is 0.0897. The molecule has 30 heavy (non-hydrogen) atoms. The zero-order chi connectivity index (χ0) is 21.1. The number of thioether (sulfide) groups is 1. The summed E-state index contributed by atoms with van der Waals surface area (Å²) in [5.74, 6) is 1.79. The molecule has 1 N–H and O–H groups in total. The predicted molar refractivity (Wildman–Crippen MR) is 126 cm³/mol. The summed E-state index contributed by atoms with van der Waals surface area (Å²) in [5.41, 5.74) is 3.41. The number of aryl methyl sites for hydroxylation is 1. The highest BCUT2D eigenvalue weighted by Crippen LogP contribution is 2.32. The molecule has 0 aliphatic carbocycles. The number of halogens is 1. The highest BCUT2D eigenvalue weighted by molar-refractivity contribution is 8.00. The second-order valence-electron chi connectivity index (χ2n) is 7.81. The fraction of sp³-hybridized carbons (Fsp3) is 0.348. The molecular formula is C23H25ClN4OS. The minimum atomic E-state index is -0.0897. The van der Waals surface area contributed by atoms with Gasteiger partial charge in [0.2, 0.25) is 5.91 Å². The molecule has 0 radical (unpaired) electrons. The number of anilines is 2. The van der Waals surface area contributed by atoms with Gasteiger partial charge >= 0.3 is 0 Å². The van der Waals surface area contributed by atoms with E-state index in [1.807, 2.05) is 43.3 Å². The minimum Gasteiger partial charge on any atom is -0.354 e. The summed E-state index contributed by atoms with van der Waals surface area (Å²) in [6.07, 6.45) is 2.29. The second-order valence-corrected chi connectivity index (χ2v) is 9.18. The zero-order valence-electron chi connectivity index (χ0n) is 17.2. The lowest BCUT2D eigenvalue weighted by Gasteiger charge is -2.32. The first kappa shape index (κ1) is 20.9. The van der Waals surface area contributed by atoms with Crippen molar-refractivity contribution in [3.8, 4) is 0 Å². The molecule has 0 unspecified atom stereocenters. The maximum absolute atomic E-state index is 12.5. The summed E-state index contributed by atoms with van der Waals surface area (Å²) in [6.45, 7) is 6.16. The number of rotatable bonds is 5. The van der Waals surface area contributed by atoms with Crippen LogP contribution >= 0.6 is 23.4 Å². The van der Waals surface area contributed by atoms with E-state index in [0.717, 1.165) is 59.3 Å². The van der Waals surface area contributed by atoms with Crippen molar-refractivity contribution in [2.24, 2.45) is 5.92 Å². The number of nitrogens with one attached hydrogen (secondary N) is 1. The Balaban J connectivity index is 1.52. The molecule has 0 spiro atoms. The van der Waals surface area contributed by atoms with E-state index >= 15 is 0 Å². The SMILES string of the molecule is Cc1ccc(NC(=O)CSc2nc3ccccc3nc2N2CCC(C)CC2)cc1Cl. The standard InChI is InChI=1S/C23H25ClN4OS/c1-15-9-11-28(12-10-15)22-23(27-20-6-4-3-5-19(20)26-22)30-14-21(29)25-17-8-7-16(2)18(24)13-17/h3-8,13,15H,9-12,14H2,1-2H3,(H,25,29). The van der Waals surface area contributed by atoms with Gasteiger partial charge in [-0.25, -0.2) is 9.97 Å². The van der Waals surface area contributed by atoms with Gasteiger partial charge in [0.05, 0.1) is 16.8 Å². The van der Waals surface area contributed by atoms with Crippen molar-refractivity contribution in [2.45, 2.75) is 31.7 Å². The normalized spacial score (nSPS) is 14.8. The summed E-state index contributed by atoms with van der Waals surface area (Å²) < 4.78 is 0. The first-order valence-corrected chi connectivity index (χ1v) is 11.6. The van der Waals surface area contributed by atoms with Crippen LogP contribution in [0.2, 0.25) is 5.02 Å². The lowest BCUT2D eigenvalue weighted by molar-refractivity contribution is -0.113. The van der Waals surface area contributed by atoms with Crippen LogP contribution in [-0.4, -0.2) is 34.7 Å². The molecule has 0 saturated carbocycles. The maximum atomic E-state index is 12.5. The van der Waals surface area contributed by atoms with Gasteiger partial charge in [-0.05, 0) is 55.5 Å². The molecule has 1 aromatic heterocycles. The largest absolute Gasteiger partial charge is 0.354 e. The van der Waals surface area contributed by atoms with Gasteiger partial charge in [0.15, 0.2) is 5.82 Å². The number of para-hydroxylation sites is 2. The molecule has 2 aromatic carbocycles. The molecule has 1 saturated heterocycles. The smallest absolute Gasteiger partial charge is 0.234 e. The highest BCUT2D eigenvalue weighted by Gasteiger charge is 2.22. The van der Waals surface area contributed by atoms with Crippen LogP contribution in [0.3, 0.4) is 0 Å². The van der Waals surface area contributed by atoms with Crippen LogP contribution in [0.4, 0.5) is 11.5 Å². The summed E-state index contributed by atoms with van der Waals surface area (Å²) >= 11 is 7.59. The Morgan fingerprint density at radius 3 is 2.57 bits per heavy atom. The van der Waals surface area contributed by atoms with Crippen molar-refractivity contribution in [2.75, 3.05) is 29.1 Å². The number of carbonyl (C=O) groups is 1. The average molecular weight is 441 g/mol. The summed E-state index contributed by atoms with van der Waals surface area (Å²) in [6, 6.07) is 13.4. The van der Waals surface area contributed by atoms with E-state index in [1.54, 1.807) is 6.07 Å². The molecule has 156 valence electrons. The van der Waals surface area contributed by atoms with Crippen molar-refractivity contribution in [1.82, 2.24) is 9.97 Å². The van der Waals surface area contributed by atoms with Gasteiger partial charge in [-0.3, -0.25) is 4.79 Å². The van der Waals surface area contributed by atoms with Gasteiger partial charge in [0.1, 0.15) is 5.03 Å². The van der Waals surface area contributed by atoms with E-state index in [-0.39, 0.29) is 11.7 Å². The molecule has 1 amide bonds. The lowest BCUT2D eigenvalue weighted by Crippen LogP contribution is -2.34. The number of piperidine rings is 1. The zero-order valence-corrected chi connectivity index (χ0v) is 18.8. The number of hydrogen-bond acceptors (Lipinski definition) is 5. The molecular weight excluding hydrogens is 416 g/mol. The van der Waals surface area contributed by atoms with Crippen LogP contribution in [-0.2, 0) is 4.79 Å². The van der Waals surface area contributed by atoms with E-state index in [0.29, 0.717) is 10.7 Å². The number of aromatic nitrogens is 2. The van der Waals surface area contributed by atoms with Crippen molar-refractivity contribution in [3.05, 3.63) is 53.1 Å². The molecule has 1 aliphatic heterocycles. The first-order valence-electron chi connectivity index (χ1n) is 10.2. The predicted octanol–water partition coefficient (Wildman–Crippen LogP) is 5.56. The van der Waals surface area contributed by atoms with E-state index in [4.69, 9.17) is 21.6 Å². The van der Waals surface area contributed by atoms with Gasteiger partial charge < -0.3 is 10.2 Å². The molecule has 7 heteroatoms. The Morgan fingerprint density at radius 2 is 1.87 bits per heavy atom. The van der Waals surface area contributed by atoms with E-state index in [2.05, 4.69) is 17.1 Å². The Bertz CT molecular complexity index is 1070. The van der Waals surface area contributed by atoms with Crippen LogP contribution < -0.4 is 10.2 Å². The maximum Gasteiger partial charge on any atom is 0.234 e. The number of fused-ring (bicyclic) bond motifs is 1. The van der Waals surface area contributed by atoms with Crippen LogP contribution in [0.1, 0.15) is 25.3 Å². The molecule has 2 heterocycles. The van der Waals surface area contributed by atoms with E-state index in [1.165, 1.54) is 11.8 Å². The molecule has 1 aliphatic rings. The van der Waals surface area contributed by atoms with Crippen molar-refractivity contribution < 1.29 is 4.79 Å². The topological polar surface area (TPSA) is 58.1 Å². The van der Waals surface area contributed by atoms with Crippen LogP contribution in [0.25, 0.3) is 11.0 Å². The quantitative estimate of drug-likeness (QED) is 0.526. The lowest BCUT2D eigenvalue weighted by atomic mass is 9.99. The fourth-order valence-electron chi connectivity index (χ4n) is 3.50. The Kier molecular flexibility index (Phi) is 6.44. The molecule has 1 fully saturated rings. The van der Waals surface area contributed by atoms with Gasteiger partial charge in [-0.1, -0.05) is 48.5 Å². The Hall–Kier alpha value is -2.31. The molecule has 0 bridgehead atoms. The molecule has 5 nitrogen and oxygen atoms in total. The van der Waals surface area contributed by atoms with Crippen molar-refractivity contribution in [3.63, 3.8) is 0 Å². The summed E-state index contributed by atoms with van der Waals surface area (Å²) in [4.78, 5) is 24.6. The van der Waals surface area contributed by atoms with Crippen molar-refractivity contribution >= 4 is 51.8 Å². The highest BCUT2D eigenvalue weighted by atomic mass is 35.5. The second kappa shape index (κ2) is 9.23. The Labute approximate surface area is 186 Å². The van der Waals surface area contributed by atoms with E-state index in [9.17, 15) is 4.79 Å². The number of amides is 1. The van der Waals surface area contributed by atoms with E-state index < -0.39 is 0 Å². The monoisotopic (exact) mass is 440 g/mol. The molecule has 4 rings (SSSR count). The summed E-state index contributed by atoms with van der Waals surface area (Å²) in [5, 5.41) is 4.36. The van der Waals surface area contributed by atoms with Crippen LogP contribution in [0.15, 0.2) is 47.5 Å². The van der Waals surface area contributed by atoms with Crippen LogP contribution in [0.5, 0.6) is 0 Å². The summed E-state index contributed by atoms with van der Waals surface area (Å²) in [7, 11) is 0. The third-order valence-electron chi connectivity index (χ3n) is 5.40. The number of carbonyl (C=O) groups excluding carboxylic acids is 1. The first-order chi connectivity index (χ1) is 14.5. The van der Waals surface area contributed by atoms with Gasteiger partial charge in [0, 0.05) is 23.8 Å². The fourth-order valence-corrected chi connectivity index (χ4v) is 4.49. The third kappa shape index (κ3) is 4.87. The van der Waals surface area contributed by atoms with Gasteiger partial charge in [0.25, 0.3) is 0 Å². The van der Waals surface area contributed by atoms with Crippen molar-refractivity contribution in [1.29, 1.82) is 0 Å². The number of nitrogens with zero attached hydrogens (tertiary/aromatic N) is 3. The number of benzene rings is 2. The van der Waals surface area contributed by atoms with Gasteiger partial charge in [-0.15, -0.1) is 0 Å². The number of hydrogen-bond donors (Lipinski definition) is 1. The van der Waals surface area contributed by atoms with Crippen LogP contribution in [0, 0.1) is 12.8 Å². The molecule has 0 atom stereocenters.